The van der Waals surface area contributed by atoms with E-state index in [-0.39, 0.29) is 0 Å². The molecule has 0 aliphatic rings. The second-order valence-corrected chi connectivity index (χ2v) is 5.59. The predicted molar refractivity (Wildman–Crippen MR) is 87.6 cm³/mol. The number of aryl methyl sites for hydroxylation is 1. The van der Waals surface area contributed by atoms with E-state index in [0.29, 0.717) is 12.8 Å². The molecule has 0 aliphatic carbocycles. The van der Waals surface area contributed by atoms with Crippen molar-refractivity contribution in [2.75, 3.05) is 0 Å². The molecular formula is C18H26O4. The van der Waals surface area contributed by atoms with Crippen LogP contribution in [0, 0.1) is 0 Å². The normalized spacial score (nSPS) is 14.1. The molecule has 0 heterocycles. The quantitative estimate of drug-likeness (QED) is 0.581. The Morgan fingerprint density at radius 3 is 2.55 bits per heavy atom. The molecule has 4 heteroatoms. The van der Waals surface area contributed by atoms with Crippen LogP contribution in [0.3, 0.4) is 0 Å². The van der Waals surface area contributed by atoms with Crippen molar-refractivity contribution >= 4 is 12.0 Å². The molecule has 1 rings (SSSR count). The zero-order chi connectivity index (χ0) is 16.4. The van der Waals surface area contributed by atoms with E-state index in [0.717, 1.165) is 42.9 Å². The van der Waals surface area contributed by atoms with E-state index < -0.39 is 18.2 Å². The maximum Gasteiger partial charge on any atom is 0.328 e. The standard InChI is InChI=1S/C18H26O4/c1-2-6-16(19)13-17(20)10-5-9-14-7-3-4-8-15(14)11-12-18(21)22/h3-4,7-8,11-12,16-17,19-20H,2,5-6,9-10,13H2,1H3,(H,21,22)/b12-11+. The third-order valence-corrected chi connectivity index (χ3v) is 3.61. The van der Waals surface area contributed by atoms with E-state index in [1.807, 2.05) is 31.2 Å². The summed E-state index contributed by atoms with van der Waals surface area (Å²) in [4.78, 5) is 10.6. The Bertz CT molecular complexity index is 482. The van der Waals surface area contributed by atoms with Gasteiger partial charge in [0.15, 0.2) is 0 Å². The van der Waals surface area contributed by atoms with Gasteiger partial charge in [0.2, 0.25) is 0 Å². The molecule has 1 aromatic carbocycles. The lowest BCUT2D eigenvalue weighted by Crippen LogP contribution is -2.17. The van der Waals surface area contributed by atoms with Crippen molar-refractivity contribution in [2.45, 2.75) is 57.7 Å². The van der Waals surface area contributed by atoms with Gasteiger partial charge in [0.1, 0.15) is 0 Å². The maximum atomic E-state index is 10.6. The first-order valence-electron chi connectivity index (χ1n) is 7.88. The topological polar surface area (TPSA) is 77.8 Å². The van der Waals surface area contributed by atoms with Gasteiger partial charge in [-0.2, -0.15) is 0 Å². The highest BCUT2D eigenvalue weighted by Gasteiger charge is 2.11. The highest BCUT2D eigenvalue weighted by molar-refractivity contribution is 5.85. The van der Waals surface area contributed by atoms with Gasteiger partial charge in [0.05, 0.1) is 12.2 Å². The van der Waals surface area contributed by atoms with Gasteiger partial charge in [-0.1, -0.05) is 37.6 Å². The molecular weight excluding hydrogens is 280 g/mol. The molecule has 0 saturated carbocycles. The molecule has 1 aromatic rings. The second-order valence-electron chi connectivity index (χ2n) is 5.59. The highest BCUT2D eigenvalue weighted by Crippen LogP contribution is 2.16. The summed E-state index contributed by atoms with van der Waals surface area (Å²) in [7, 11) is 0. The molecule has 0 fully saturated rings. The summed E-state index contributed by atoms with van der Waals surface area (Å²) in [5, 5.41) is 28.3. The van der Waals surface area contributed by atoms with Crippen LogP contribution in [0.25, 0.3) is 6.08 Å². The monoisotopic (exact) mass is 306 g/mol. The van der Waals surface area contributed by atoms with Crippen LogP contribution in [0.4, 0.5) is 0 Å². The summed E-state index contributed by atoms with van der Waals surface area (Å²) in [5.41, 5.74) is 1.96. The first kappa shape index (κ1) is 18.4. The zero-order valence-corrected chi connectivity index (χ0v) is 13.1. The first-order chi connectivity index (χ1) is 10.5. The first-order valence-corrected chi connectivity index (χ1v) is 7.88. The van der Waals surface area contributed by atoms with Crippen molar-refractivity contribution in [3.05, 3.63) is 41.5 Å². The molecule has 0 spiro atoms. The molecule has 0 bridgehead atoms. The fourth-order valence-electron chi connectivity index (χ4n) is 2.50. The molecule has 2 unspecified atom stereocenters. The zero-order valence-electron chi connectivity index (χ0n) is 13.1. The van der Waals surface area contributed by atoms with E-state index in [2.05, 4.69) is 0 Å². The van der Waals surface area contributed by atoms with Gasteiger partial charge < -0.3 is 15.3 Å². The number of aliphatic hydroxyl groups is 2. The third kappa shape index (κ3) is 7.38. The minimum atomic E-state index is -0.963. The Morgan fingerprint density at radius 1 is 1.18 bits per heavy atom. The Labute approximate surface area is 132 Å². The number of aliphatic carboxylic acids is 1. The molecule has 0 aromatic heterocycles. The van der Waals surface area contributed by atoms with Crippen molar-refractivity contribution in [3.8, 4) is 0 Å². The molecule has 0 aliphatic heterocycles. The SMILES string of the molecule is CCCC(O)CC(O)CCCc1ccccc1/C=C/C(=O)O. The molecule has 4 nitrogen and oxygen atoms in total. The number of rotatable bonds is 10. The van der Waals surface area contributed by atoms with Crippen LogP contribution >= 0.6 is 0 Å². The highest BCUT2D eigenvalue weighted by atomic mass is 16.4. The van der Waals surface area contributed by atoms with E-state index in [1.54, 1.807) is 6.08 Å². The number of carbonyl (C=O) groups is 1. The van der Waals surface area contributed by atoms with Crippen molar-refractivity contribution in [2.24, 2.45) is 0 Å². The van der Waals surface area contributed by atoms with Crippen LogP contribution in [0.1, 0.15) is 50.2 Å². The fraction of sp³-hybridized carbons (Fsp3) is 0.500. The average molecular weight is 306 g/mol. The largest absolute Gasteiger partial charge is 0.478 e. The molecule has 22 heavy (non-hydrogen) atoms. The number of carboxylic acids is 1. The minimum Gasteiger partial charge on any atom is -0.478 e. The number of carboxylic acid groups (broad SMARTS) is 1. The molecule has 0 saturated heterocycles. The van der Waals surface area contributed by atoms with E-state index in [9.17, 15) is 15.0 Å². The molecule has 0 amide bonds. The van der Waals surface area contributed by atoms with Crippen LogP contribution in [0.15, 0.2) is 30.3 Å². The maximum absolute atomic E-state index is 10.6. The Morgan fingerprint density at radius 2 is 1.86 bits per heavy atom. The van der Waals surface area contributed by atoms with Gasteiger partial charge in [-0.15, -0.1) is 0 Å². The average Bonchev–Trinajstić information content (AvgIpc) is 2.46. The van der Waals surface area contributed by atoms with Gasteiger partial charge in [-0.25, -0.2) is 4.79 Å². The van der Waals surface area contributed by atoms with E-state index in [1.165, 1.54) is 0 Å². The van der Waals surface area contributed by atoms with E-state index in [4.69, 9.17) is 5.11 Å². The van der Waals surface area contributed by atoms with Crippen molar-refractivity contribution in [3.63, 3.8) is 0 Å². The summed E-state index contributed by atoms with van der Waals surface area (Å²) in [6.07, 6.45) is 6.10. The summed E-state index contributed by atoms with van der Waals surface area (Å²) < 4.78 is 0. The molecule has 122 valence electrons. The molecule has 3 N–H and O–H groups in total. The van der Waals surface area contributed by atoms with Crippen molar-refractivity contribution in [1.82, 2.24) is 0 Å². The summed E-state index contributed by atoms with van der Waals surface area (Å²) in [6.45, 7) is 2.01. The van der Waals surface area contributed by atoms with Crippen LogP contribution in [-0.4, -0.2) is 33.5 Å². The van der Waals surface area contributed by atoms with E-state index >= 15 is 0 Å². The van der Waals surface area contributed by atoms with Crippen LogP contribution in [0.5, 0.6) is 0 Å². The Hall–Kier alpha value is -1.65. The smallest absolute Gasteiger partial charge is 0.328 e. The van der Waals surface area contributed by atoms with Crippen molar-refractivity contribution < 1.29 is 20.1 Å². The van der Waals surface area contributed by atoms with Crippen molar-refractivity contribution in [1.29, 1.82) is 0 Å². The van der Waals surface area contributed by atoms with Gasteiger partial charge in [0.25, 0.3) is 0 Å². The Balaban J connectivity index is 2.46. The van der Waals surface area contributed by atoms with Crippen LogP contribution in [0.2, 0.25) is 0 Å². The lowest BCUT2D eigenvalue weighted by Gasteiger charge is -2.15. The summed E-state index contributed by atoms with van der Waals surface area (Å²) in [5.74, 6) is -0.963. The third-order valence-electron chi connectivity index (χ3n) is 3.61. The van der Waals surface area contributed by atoms with Gasteiger partial charge in [-0.3, -0.25) is 0 Å². The number of hydrogen-bond donors (Lipinski definition) is 3. The molecule has 2 atom stereocenters. The minimum absolute atomic E-state index is 0.425. The number of hydrogen-bond acceptors (Lipinski definition) is 3. The van der Waals surface area contributed by atoms with Crippen LogP contribution in [-0.2, 0) is 11.2 Å². The fourth-order valence-corrected chi connectivity index (χ4v) is 2.50. The van der Waals surface area contributed by atoms with Crippen LogP contribution < -0.4 is 0 Å². The lowest BCUT2D eigenvalue weighted by atomic mass is 9.98. The van der Waals surface area contributed by atoms with Gasteiger partial charge in [0, 0.05) is 6.08 Å². The Kier molecular flexibility index (Phi) is 8.48. The predicted octanol–water partition coefficient (Wildman–Crippen LogP) is 3.02. The number of aliphatic hydroxyl groups excluding tert-OH is 2. The number of benzene rings is 1. The summed E-state index contributed by atoms with van der Waals surface area (Å²) in [6, 6.07) is 7.66. The van der Waals surface area contributed by atoms with Gasteiger partial charge >= 0.3 is 5.97 Å². The second kappa shape index (κ2) is 10.1. The lowest BCUT2D eigenvalue weighted by molar-refractivity contribution is -0.131. The molecule has 0 radical (unpaired) electrons. The summed E-state index contributed by atoms with van der Waals surface area (Å²) >= 11 is 0. The van der Waals surface area contributed by atoms with Gasteiger partial charge in [-0.05, 0) is 49.3 Å².